The SMILES string of the molecule is CCC(C(=O)NC(C)C)N(Cc1ccc(OC)cc1)C(=O)Cc1ccccc1[N+](=O)[O-]. The van der Waals surface area contributed by atoms with E-state index in [4.69, 9.17) is 4.74 Å². The predicted octanol–water partition coefficient (Wildman–Crippen LogP) is 3.48. The molecule has 8 nitrogen and oxygen atoms in total. The average Bonchev–Trinajstić information content (AvgIpc) is 2.73. The Morgan fingerprint density at radius 1 is 1.13 bits per heavy atom. The van der Waals surface area contributed by atoms with Gasteiger partial charge in [0.1, 0.15) is 11.8 Å². The van der Waals surface area contributed by atoms with E-state index in [1.165, 1.54) is 11.0 Å². The number of benzene rings is 2. The van der Waals surface area contributed by atoms with Crippen molar-refractivity contribution in [3.05, 3.63) is 69.8 Å². The minimum atomic E-state index is -0.695. The van der Waals surface area contributed by atoms with E-state index in [-0.39, 0.29) is 36.5 Å². The number of nitrogens with one attached hydrogen (secondary N) is 1. The van der Waals surface area contributed by atoms with Gasteiger partial charge in [0.05, 0.1) is 18.5 Å². The van der Waals surface area contributed by atoms with Gasteiger partial charge >= 0.3 is 0 Å². The molecule has 0 radical (unpaired) electrons. The molecule has 2 amide bonds. The molecule has 0 aliphatic rings. The number of para-hydroxylation sites is 1. The van der Waals surface area contributed by atoms with Crippen LogP contribution in [-0.2, 0) is 22.6 Å². The molecule has 0 saturated carbocycles. The molecule has 1 atom stereocenters. The summed E-state index contributed by atoms with van der Waals surface area (Å²) in [7, 11) is 1.57. The van der Waals surface area contributed by atoms with E-state index >= 15 is 0 Å². The van der Waals surface area contributed by atoms with Gasteiger partial charge in [-0.2, -0.15) is 0 Å². The molecular weight excluding hydrogens is 398 g/mol. The Balaban J connectivity index is 2.36. The molecule has 0 saturated heterocycles. The highest BCUT2D eigenvalue weighted by molar-refractivity contribution is 5.89. The molecule has 166 valence electrons. The van der Waals surface area contributed by atoms with Gasteiger partial charge in [0.2, 0.25) is 11.8 Å². The third-order valence-corrected chi connectivity index (χ3v) is 4.86. The molecule has 2 aromatic carbocycles. The number of amides is 2. The van der Waals surface area contributed by atoms with Gasteiger partial charge in [0, 0.05) is 24.2 Å². The topological polar surface area (TPSA) is 102 Å². The fourth-order valence-corrected chi connectivity index (χ4v) is 3.33. The maximum atomic E-state index is 13.3. The number of methoxy groups -OCH3 is 1. The summed E-state index contributed by atoms with van der Waals surface area (Å²) < 4.78 is 5.18. The van der Waals surface area contributed by atoms with Gasteiger partial charge < -0.3 is 15.0 Å². The first-order chi connectivity index (χ1) is 14.8. The first kappa shape index (κ1) is 23.9. The van der Waals surface area contributed by atoms with Crippen molar-refractivity contribution in [2.45, 2.75) is 52.2 Å². The summed E-state index contributed by atoms with van der Waals surface area (Å²) in [5.74, 6) is 0.0870. The number of nitro groups is 1. The number of ether oxygens (including phenoxy) is 1. The molecule has 0 heterocycles. The zero-order chi connectivity index (χ0) is 23.0. The number of hydrogen-bond donors (Lipinski definition) is 1. The molecule has 1 N–H and O–H groups in total. The van der Waals surface area contributed by atoms with Gasteiger partial charge in [-0.15, -0.1) is 0 Å². The highest BCUT2D eigenvalue weighted by Gasteiger charge is 2.30. The second-order valence-electron chi connectivity index (χ2n) is 7.52. The maximum absolute atomic E-state index is 13.3. The number of hydrogen-bond acceptors (Lipinski definition) is 5. The molecule has 0 aliphatic heterocycles. The van der Waals surface area contributed by atoms with Gasteiger partial charge in [-0.3, -0.25) is 19.7 Å². The highest BCUT2D eigenvalue weighted by Crippen LogP contribution is 2.21. The molecule has 0 aromatic heterocycles. The van der Waals surface area contributed by atoms with Crippen LogP contribution in [0.3, 0.4) is 0 Å². The highest BCUT2D eigenvalue weighted by atomic mass is 16.6. The number of carbonyl (C=O) groups is 2. The van der Waals surface area contributed by atoms with Crippen LogP contribution in [0.1, 0.15) is 38.3 Å². The van der Waals surface area contributed by atoms with Crippen molar-refractivity contribution in [3.63, 3.8) is 0 Å². The van der Waals surface area contributed by atoms with Gasteiger partial charge in [0.15, 0.2) is 0 Å². The van der Waals surface area contributed by atoms with Crippen LogP contribution in [0.2, 0.25) is 0 Å². The first-order valence-electron chi connectivity index (χ1n) is 10.2. The maximum Gasteiger partial charge on any atom is 0.273 e. The van der Waals surface area contributed by atoms with Crippen molar-refractivity contribution in [1.29, 1.82) is 0 Å². The Hall–Kier alpha value is -3.42. The number of carbonyl (C=O) groups excluding carboxylic acids is 2. The van der Waals surface area contributed by atoms with Gasteiger partial charge in [-0.05, 0) is 38.0 Å². The Morgan fingerprint density at radius 3 is 2.32 bits per heavy atom. The summed E-state index contributed by atoms with van der Waals surface area (Å²) in [5, 5.41) is 14.2. The predicted molar refractivity (Wildman–Crippen MR) is 118 cm³/mol. The lowest BCUT2D eigenvalue weighted by Crippen LogP contribution is -2.50. The monoisotopic (exact) mass is 427 g/mol. The largest absolute Gasteiger partial charge is 0.497 e. The van der Waals surface area contributed by atoms with E-state index < -0.39 is 11.0 Å². The molecule has 2 rings (SSSR count). The van der Waals surface area contributed by atoms with Crippen molar-refractivity contribution in [2.75, 3.05) is 7.11 Å². The molecule has 0 aliphatic carbocycles. The van der Waals surface area contributed by atoms with E-state index in [0.717, 1.165) is 5.56 Å². The fraction of sp³-hybridized carbons (Fsp3) is 0.391. The van der Waals surface area contributed by atoms with Crippen molar-refractivity contribution < 1.29 is 19.2 Å². The first-order valence-corrected chi connectivity index (χ1v) is 10.2. The molecule has 0 bridgehead atoms. The van der Waals surface area contributed by atoms with Crippen molar-refractivity contribution in [2.24, 2.45) is 0 Å². The van der Waals surface area contributed by atoms with Crippen molar-refractivity contribution >= 4 is 17.5 Å². The van der Waals surface area contributed by atoms with Gasteiger partial charge in [-0.25, -0.2) is 0 Å². The van der Waals surface area contributed by atoms with Crippen LogP contribution in [0.25, 0.3) is 0 Å². The summed E-state index contributed by atoms with van der Waals surface area (Å²) >= 11 is 0. The summed E-state index contributed by atoms with van der Waals surface area (Å²) in [4.78, 5) is 38.5. The van der Waals surface area contributed by atoms with Crippen LogP contribution in [0.15, 0.2) is 48.5 Å². The van der Waals surface area contributed by atoms with Crippen molar-refractivity contribution in [3.8, 4) is 5.75 Å². The smallest absolute Gasteiger partial charge is 0.273 e. The number of nitrogens with zero attached hydrogens (tertiary/aromatic N) is 2. The molecule has 0 fully saturated rings. The normalized spacial score (nSPS) is 11.6. The van der Waals surface area contributed by atoms with Gasteiger partial charge in [0.25, 0.3) is 5.69 Å². The molecule has 31 heavy (non-hydrogen) atoms. The van der Waals surface area contributed by atoms with Crippen LogP contribution in [0, 0.1) is 10.1 Å². The molecule has 0 spiro atoms. The Kier molecular flexibility index (Phi) is 8.54. The zero-order valence-electron chi connectivity index (χ0n) is 18.3. The van der Waals surface area contributed by atoms with E-state index in [1.54, 1.807) is 37.4 Å². The average molecular weight is 428 g/mol. The van der Waals surface area contributed by atoms with Crippen LogP contribution in [0.4, 0.5) is 5.69 Å². The minimum Gasteiger partial charge on any atom is -0.497 e. The van der Waals surface area contributed by atoms with E-state index in [9.17, 15) is 19.7 Å². The lowest BCUT2D eigenvalue weighted by Gasteiger charge is -2.31. The third-order valence-electron chi connectivity index (χ3n) is 4.86. The summed E-state index contributed by atoms with van der Waals surface area (Å²) in [6.07, 6.45) is 0.246. The molecule has 8 heteroatoms. The second kappa shape index (κ2) is 11.1. The summed E-state index contributed by atoms with van der Waals surface area (Å²) in [6, 6.07) is 12.6. The Labute approximate surface area is 182 Å². The molecule has 2 aromatic rings. The van der Waals surface area contributed by atoms with E-state index in [1.807, 2.05) is 32.9 Å². The van der Waals surface area contributed by atoms with E-state index in [2.05, 4.69) is 5.32 Å². The standard InChI is InChI=1S/C23H29N3O5/c1-5-20(23(28)24-16(2)3)25(15-17-10-12-19(31-4)13-11-17)22(27)14-18-8-6-7-9-21(18)26(29)30/h6-13,16,20H,5,14-15H2,1-4H3,(H,24,28). The second-order valence-corrected chi connectivity index (χ2v) is 7.52. The summed E-state index contributed by atoms with van der Waals surface area (Å²) in [5.41, 5.74) is 1.03. The quantitative estimate of drug-likeness (QED) is 0.462. The van der Waals surface area contributed by atoms with Crippen molar-refractivity contribution in [1.82, 2.24) is 10.2 Å². The molecular formula is C23H29N3O5. The Morgan fingerprint density at radius 2 is 1.77 bits per heavy atom. The number of nitro benzene ring substituents is 1. The third kappa shape index (κ3) is 6.53. The lowest BCUT2D eigenvalue weighted by atomic mass is 10.1. The molecule has 1 unspecified atom stereocenters. The minimum absolute atomic E-state index is 0.0744. The van der Waals surface area contributed by atoms with Crippen LogP contribution in [-0.4, -0.2) is 40.8 Å². The van der Waals surface area contributed by atoms with Crippen LogP contribution in [0.5, 0.6) is 5.75 Å². The van der Waals surface area contributed by atoms with Crippen LogP contribution >= 0.6 is 0 Å². The summed E-state index contributed by atoms with van der Waals surface area (Å²) in [6.45, 7) is 5.75. The van der Waals surface area contributed by atoms with Crippen LogP contribution < -0.4 is 10.1 Å². The van der Waals surface area contributed by atoms with Gasteiger partial charge in [-0.1, -0.05) is 37.3 Å². The Bertz CT molecular complexity index is 912. The fourth-order valence-electron chi connectivity index (χ4n) is 3.33. The lowest BCUT2D eigenvalue weighted by molar-refractivity contribution is -0.385. The van der Waals surface area contributed by atoms with E-state index in [0.29, 0.717) is 17.7 Å². The zero-order valence-corrected chi connectivity index (χ0v) is 18.3. The number of rotatable bonds is 10.